The maximum atomic E-state index is 13.2. The van der Waals surface area contributed by atoms with Crippen molar-refractivity contribution in [3.8, 4) is 5.75 Å². The fourth-order valence-electron chi connectivity index (χ4n) is 3.38. The maximum Gasteiger partial charge on any atom is 0.261 e. The molecule has 2 aromatic rings. The molecule has 0 aliphatic carbocycles. The predicted octanol–water partition coefficient (Wildman–Crippen LogP) is 4.57. The van der Waals surface area contributed by atoms with Crippen molar-refractivity contribution < 1.29 is 14.3 Å². The molecule has 0 aliphatic rings. The molecule has 1 atom stereocenters. The van der Waals surface area contributed by atoms with Crippen LogP contribution in [0.25, 0.3) is 0 Å². The second kappa shape index (κ2) is 11.5. The first-order valence-electron chi connectivity index (χ1n) is 11.0. The highest BCUT2D eigenvalue weighted by Gasteiger charge is 2.29. The van der Waals surface area contributed by atoms with Crippen molar-refractivity contribution >= 4 is 11.8 Å². The SMILES string of the molecule is CC[C@H](C(=O)NCC(C)C)N(Cc1cccc(C)c1)C(=O)COc1ccc(C)c(C)c1. The van der Waals surface area contributed by atoms with Crippen LogP contribution in [0.2, 0.25) is 0 Å². The molecule has 0 saturated carbocycles. The lowest BCUT2D eigenvalue weighted by Gasteiger charge is -2.31. The van der Waals surface area contributed by atoms with Crippen LogP contribution in [0.3, 0.4) is 0 Å². The number of aryl methyl sites for hydroxylation is 3. The van der Waals surface area contributed by atoms with Gasteiger partial charge in [-0.15, -0.1) is 0 Å². The number of carbonyl (C=O) groups excluding carboxylic acids is 2. The number of nitrogens with one attached hydrogen (secondary N) is 1. The minimum Gasteiger partial charge on any atom is -0.484 e. The van der Waals surface area contributed by atoms with E-state index >= 15 is 0 Å². The van der Waals surface area contributed by atoms with Gasteiger partial charge >= 0.3 is 0 Å². The van der Waals surface area contributed by atoms with Crippen LogP contribution in [0.1, 0.15) is 49.4 Å². The summed E-state index contributed by atoms with van der Waals surface area (Å²) in [6, 6.07) is 13.2. The van der Waals surface area contributed by atoms with Crippen LogP contribution in [0.4, 0.5) is 0 Å². The summed E-state index contributed by atoms with van der Waals surface area (Å²) in [6.07, 6.45) is 0.533. The Morgan fingerprint density at radius 1 is 1.03 bits per heavy atom. The fraction of sp³-hybridized carbons (Fsp3) is 0.462. The zero-order chi connectivity index (χ0) is 23.0. The fourth-order valence-corrected chi connectivity index (χ4v) is 3.38. The molecule has 0 aliphatic heterocycles. The Hall–Kier alpha value is -2.82. The second-order valence-electron chi connectivity index (χ2n) is 8.61. The van der Waals surface area contributed by atoms with Crippen LogP contribution < -0.4 is 10.1 Å². The zero-order valence-corrected chi connectivity index (χ0v) is 19.7. The molecule has 2 aromatic carbocycles. The summed E-state index contributed by atoms with van der Waals surface area (Å²) in [4.78, 5) is 27.8. The van der Waals surface area contributed by atoms with E-state index in [1.165, 1.54) is 5.56 Å². The Balaban J connectivity index is 2.20. The summed E-state index contributed by atoms with van der Waals surface area (Å²) < 4.78 is 5.80. The van der Waals surface area contributed by atoms with E-state index in [1.807, 2.05) is 84.0 Å². The molecule has 2 rings (SSSR count). The van der Waals surface area contributed by atoms with E-state index in [-0.39, 0.29) is 18.4 Å². The van der Waals surface area contributed by atoms with Gasteiger partial charge in [0.2, 0.25) is 5.91 Å². The number of ether oxygens (including phenoxy) is 1. The van der Waals surface area contributed by atoms with Gasteiger partial charge in [0.05, 0.1) is 0 Å². The quantitative estimate of drug-likeness (QED) is 0.608. The lowest BCUT2D eigenvalue weighted by molar-refractivity contribution is -0.143. The Bertz CT molecular complexity index is 892. The first-order chi connectivity index (χ1) is 14.7. The number of rotatable bonds is 10. The van der Waals surface area contributed by atoms with Gasteiger partial charge in [0.1, 0.15) is 11.8 Å². The van der Waals surface area contributed by atoms with Gasteiger partial charge in [-0.3, -0.25) is 9.59 Å². The molecular weight excluding hydrogens is 388 g/mol. The third kappa shape index (κ3) is 7.42. The largest absolute Gasteiger partial charge is 0.484 e. The number of amides is 2. The van der Waals surface area contributed by atoms with Crippen molar-refractivity contribution in [1.29, 1.82) is 0 Å². The molecule has 5 nitrogen and oxygen atoms in total. The van der Waals surface area contributed by atoms with E-state index in [9.17, 15) is 9.59 Å². The van der Waals surface area contributed by atoms with Crippen LogP contribution in [0.15, 0.2) is 42.5 Å². The Morgan fingerprint density at radius 2 is 1.77 bits per heavy atom. The van der Waals surface area contributed by atoms with Crippen molar-refractivity contribution in [2.75, 3.05) is 13.2 Å². The molecule has 5 heteroatoms. The monoisotopic (exact) mass is 424 g/mol. The van der Waals surface area contributed by atoms with Crippen LogP contribution in [0.5, 0.6) is 5.75 Å². The number of hydrogen-bond donors (Lipinski definition) is 1. The molecule has 0 aromatic heterocycles. The molecule has 168 valence electrons. The highest BCUT2D eigenvalue weighted by atomic mass is 16.5. The van der Waals surface area contributed by atoms with E-state index in [0.717, 1.165) is 16.7 Å². The van der Waals surface area contributed by atoms with Crippen molar-refractivity contribution in [1.82, 2.24) is 10.2 Å². The summed E-state index contributed by atoms with van der Waals surface area (Å²) in [7, 11) is 0. The summed E-state index contributed by atoms with van der Waals surface area (Å²) in [5, 5.41) is 2.98. The van der Waals surface area contributed by atoms with E-state index in [4.69, 9.17) is 4.74 Å². The predicted molar refractivity (Wildman–Crippen MR) is 125 cm³/mol. The highest BCUT2D eigenvalue weighted by molar-refractivity contribution is 5.88. The minimum atomic E-state index is -0.546. The summed E-state index contributed by atoms with van der Waals surface area (Å²) in [5.74, 6) is 0.675. The smallest absolute Gasteiger partial charge is 0.261 e. The maximum absolute atomic E-state index is 13.2. The summed E-state index contributed by atoms with van der Waals surface area (Å²) in [5.41, 5.74) is 4.40. The normalized spacial score (nSPS) is 11.8. The van der Waals surface area contributed by atoms with Gasteiger partial charge in [-0.25, -0.2) is 0 Å². The molecule has 0 saturated heterocycles. The van der Waals surface area contributed by atoms with Crippen LogP contribution in [-0.2, 0) is 16.1 Å². The van der Waals surface area contributed by atoms with Gasteiger partial charge in [-0.05, 0) is 61.9 Å². The number of carbonyl (C=O) groups is 2. The van der Waals surface area contributed by atoms with Gasteiger partial charge in [0, 0.05) is 13.1 Å². The molecule has 0 spiro atoms. The van der Waals surface area contributed by atoms with Gasteiger partial charge in [0.15, 0.2) is 6.61 Å². The molecule has 2 amide bonds. The van der Waals surface area contributed by atoms with E-state index in [2.05, 4.69) is 5.32 Å². The van der Waals surface area contributed by atoms with Crippen molar-refractivity contribution in [2.24, 2.45) is 5.92 Å². The Morgan fingerprint density at radius 3 is 2.39 bits per heavy atom. The molecule has 0 unspecified atom stereocenters. The van der Waals surface area contributed by atoms with Crippen LogP contribution >= 0.6 is 0 Å². The zero-order valence-electron chi connectivity index (χ0n) is 19.7. The Kier molecular flexibility index (Phi) is 9.10. The molecule has 31 heavy (non-hydrogen) atoms. The topological polar surface area (TPSA) is 58.6 Å². The van der Waals surface area contributed by atoms with Gasteiger partial charge < -0.3 is 15.0 Å². The van der Waals surface area contributed by atoms with E-state index < -0.39 is 6.04 Å². The highest BCUT2D eigenvalue weighted by Crippen LogP contribution is 2.18. The number of benzene rings is 2. The third-order valence-corrected chi connectivity index (χ3v) is 5.35. The van der Waals surface area contributed by atoms with Crippen molar-refractivity contribution in [2.45, 2.75) is 60.5 Å². The van der Waals surface area contributed by atoms with Gasteiger partial charge in [-0.2, -0.15) is 0 Å². The first-order valence-corrected chi connectivity index (χ1v) is 11.0. The average molecular weight is 425 g/mol. The molecular formula is C26H36N2O3. The Labute approximate surface area is 186 Å². The lowest BCUT2D eigenvalue weighted by Crippen LogP contribution is -2.50. The van der Waals surface area contributed by atoms with Gasteiger partial charge in [-0.1, -0.05) is 56.7 Å². The van der Waals surface area contributed by atoms with Crippen molar-refractivity contribution in [3.05, 3.63) is 64.7 Å². The van der Waals surface area contributed by atoms with Gasteiger partial charge in [0.25, 0.3) is 5.91 Å². The minimum absolute atomic E-state index is 0.109. The van der Waals surface area contributed by atoms with E-state index in [1.54, 1.807) is 4.90 Å². The second-order valence-corrected chi connectivity index (χ2v) is 8.61. The lowest BCUT2D eigenvalue weighted by atomic mass is 10.1. The van der Waals surface area contributed by atoms with Crippen LogP contribution in [0, 0.1) is 26.7 Å². The molecule has 0 bridgehead atoms. The van der Waals surface area contributed by atoms with E-state index in [0.29, 0.717) is 31.2 Å². The first kappa shape index (κ1) is 24.4. The third-order valence-electron chi connectivity index (χ3n) is 5.35. The molecule has 0 heterocycles. The average Bonchev–Trinajstić information content (AvgIpc) is 2.72. The number of hydrogen-bond acceptors (Lipinski definition) is 3. The molecule has 1 N–H and O–H groups in total. The standard InChI is InChI=1S/C26H36N2O3/c1-7-24(26(30)27-15-18(2)3)28(16-22-10-8-9-19(4)13-22)25(29)17-31-23-12-11-20(5)21(6)14-23/h8-14,18,24H,7,15-17H2,1-6H3,(H,27,30)/t24-/m1/s1. The summed E-state index contributed by atoms with van der Waals surface area (Å²) >= 11 is 0. The van der Waals surface area contributed by atoms with Crippen LogP contribution in [-0.4, -0.2) is 35.9 Å². The number of nitrogens with zero attached hydrogens (tertiary/aromatic N) is 1. The molecule has 0 radical (unpaired) electrons. The summed E-state index contributed by atoms with van der Waals surface area (Å²) in [6.45, 7) is 12.9. The van der Waals surface area contributed by atoms with Crippen molar-refractivity contribution in [3.63, 3.8) is 0 Å². The molecule has 0 fully saturated rings.